The number of thiophene rings is 1. The molecule has 6 heteroatoms. The fraction of sp³-hybridized carbons (Fsp3) is 0.333. The van der Waals surface area contributed by atoms with Crippen molar-refractivity contribution >= 4 is 28.8 Å². The highest BCUT2D eigenvalue weighted by Gasteiger charge is 2.31. The maximum atomic E-state index is 12.5. The number of aliphatic hydroxyl groups is 1. The Morgan fingerprint density at radius 3 is 2.83 bits per heavy atom. The molecule has 3 rings (SSSR count). The van der Waals surface area contributed by atoms with Gasteiger partial charge in [-0.3, -0.25) is 9.59 Å². The van der Waals surface area contributed by atoms with Gasteiger partial charge in [-0.2, -0.15) is 0 Å². The van der Waals surface area contributed by atoms with Gasteiger partial charge in [0, 0.05) is 17.1 Å². The summed E-state index contributed by atoms with van der Waals surface area (Å²) in [6.45, 7) is 4.13. The molecule has 0 spiro atoms. The number of benzene rings is 1. The Labute approximate surface area is 144 Å². The van der Waals surface area contributed by atoms with Gasteiger partial charge in [0.2, 0.25) is 0 Å². The van der Waals surface area contributed by atoms with E-state index >= 15 is 0 Å². The highest BCUT2D eigenvalue weighted by Crippen LogP contribution is 2.30. The van der Waals surface area contributed by atoms with Crippen molar-refractivity contribution in [2.45, 2.75) is 25.9 Å². The lowest BCUT2D eigenvalue weighted by atomic mass is 10.1. The number of rotatable bonds is 3. The summed E-state index contributed by atoms with van der Waals surface area (Å²) < 4.78 is 0. The molecule has 0 aliphatic carbocycles. The zero-order valence-electron chi connectivity index (χ0n) is 13.7. The number of nitrogens with zero attached hydrogens (tertiary/aromatic N) is 1. The summed E-state index contributed by atoms with van der Waals surface area (Å²) in [6.07, 6.45) is 0.758. The largest absolute Gasteiger partial charge is 0.383 e. The van der Waals surface area contributed by atoms with Crippen molar-refractivity contribution in [3.8, 4) is 0 Å². The minimum absolute atomic E-state index is 0.00734. The van der Waals surface area contributed by atoms with Crippen LogP contribution in [-0.4, -0.2) is 30.0 Å². The summed E-state index contributed by atoms with van der Waals surface area (Å²) in [6, 6.07) is 9.40. The molecule has 126 valence electrons. The molecule has 0 saturated carbocycles. The summed E-state index contributed by atoms with van der Waals surface area (Å²) in [5, 5.41) is 14.9. The van der Waals surface area contributed by atoms with Crippen molar-refractivity contribution in [3.05, 3.63) is 51.7 Å². The molecule has 0 bridgehead atoms. The molecular weight excluding hydrogens is 324 g/mol. The van der Waals surface area contributed by atoms with Crippen LogP contribution in [0.4, 0.5) is 5.69 Å². The molecule has 1 aliphatic rings. The van der Waals surface area contributed by atoms with E-state index in [0.29, 0.717) is 6.54 Å². The van der Waals surface area contributed by atoms with Gasteiger partial charge >= 0.3 is 11.8 Å². The predicted octanol–water partition coefficient (Wildman–Crippen LogP) is 1.97. The molecule has 1 aromatic heterocycles. The zero-order chi connectivity index (χ0) is 17.3. The number of aryl methyl sites for hydroxylation is 1. The number of carbonyl (C=O) groups is 2. The first-order chi connectivity index (χ1) is 11.4. The Morgan fingerprint density at radius 1 is 1.33 bits per heavy atom. The van der Waals surface area contributed by atoms with Crippen LogP contribution in [-0.2, 0) is 21.6 Å². The first-order valence-electron chi connectivity index (χ1n) is 7.85. The van der Waals surface area contributed by atoms with Gasteiger partial charge in [0.05, 0.1) is 6.54 Å². The first-order valence-corrected chi connectivity index (χ1v) is 8.72. The molecule has 0 saturated heterocycles. The molecular formula is C18H20N2O3S. The molecule has 2 aromatic rings. The molecule has 2 N–H and O–H groups in total. The predicted molar refractivity (Wildman–Crippen MR) is 94.1 cm³/mol. The van der Waals surface area contributed by atoms with Crippen LogP contribution in [0.5, 0.6) is 0 Å². The van der Waals surface area contributed by atoms with Crippen LogP contribution < -0.4 is 10.2 Å². The Morgan fingerprint density at radius 2 is 2.12 bits per heavy atom. The van der Waals surface area contributed by atoms with Gasteiger partial charge in [-0.25, -0.2) is 0 Å². The summed E-state index contributed by atoms with van der Waals surface area (Å²) in [5.74, 6) is -1.28. The number of hydrogen-bond donors (Lipinski definition) is 2. The molecule has 5 nitrogen and oxygen atoms in total. The Hall–Kier alpha value is -2.18. The molecule has 0 radical (unpaired) electrons. The summed E-state index contributed by atoms with van der Waals surface area (Å²) >= 11 is 1.41. The molecule has 24 heavy (non-hydrogen) atoms. The van der Waals surface area contributed by atoms with Crippen LogP contribution in [0.2, 0.25) is 0 Å². The van der Waals surface area contributed by atoms with Gasteiger partial charge in [-0.1, -0.05) is 18.2 Å². The molecule has 0 fully saturated rings. The molecule has 1 atom stereocenters. The van der Waals surface area contributed by atoms with Crippen LogP contribution in [0.3, 0.4) is 0 Å². The van der Waals surface area contributed by atoms with Crippen molar-refractivity contribution < 1.29 is 14.7 Å². The van der Waals surface area contributed by atoms with E-state index in [1.165, 1.54) is 16.2 Å². The van der Waals surface area contributed by atoms with E-state index in [4.69, 9.17) is 0 Å². The lowest BCUT2D eigenvalue weighted by Crippen LogP contribution is -2.46. The second-order valence-electron chi connectivity index (χ2n) is 6.21. The highest BCUT2D eigenvalue weighted by molar-refractivity contribution is 7.10. The van der Waals surface area contributed by atoms with Gasteiger partial charge in [0.25, 0.3) is 0 Å². The lowest BCUT2D eigenvalue weighted by Gasteiger charge is -2.23. The van der Waals surface area contributed by atoms with Crippen molar-refractivity contribution in [2.24, 2.45) is 0 Å². The maximum absolute atomic E-state index is 12.5. The Balaban J connectivity index is 1.67. The first kappa shape index (κ1) is 16.7. The third-order valence-electron chi connectivity index (χ3n) is 4.35. The van der Waals surface area contributed by atoms with Gasteiger partial charge in [0.15, 0.2) is 0 Å². The van der Waals surface area contributed by atoms with Crippen LogP contribution in [0.15, 0.2) is 35.7 Å². The topological polar surface area (TPSA) is 69.6 Å². The van der Waals surface area contributed by atoms with E-state index in [9.17, 15) is 14.7 Å². The Kier molecular flexibility index (Phi) is 4.43. The minimum atomic E-state index is -1.19. The van der Waals surface area contributed by atoms with Gasteiger partial charge in [-0.05, 0) is 48.9 Å². The van der Waals surface area contributed by atoms with Gasteiger partial charge < -0.3 is 15.3 Å². The molecule has 1 aromatic carbocycles. The third kappa shape index (κ3) is 3.07. The molecule has 1 aliphatic heterocycles. The van der Waals surface area contributed by atoms with Crippen LogP contribution in [0.1, 0.15) is 22.9 Å². The number of amides is 2. The summed E-state index contributed by atoms with van der Waals surface area (Å²) in [4.78, 5) is 26.9. The van der Waals surface area contributed by atoms with Crippen LogP contribution in [0, 0.1) is 6.92 Å². The summed E-state index contributed by atoms with van der Waals surface area (Å²) in [7, 11) is 0. The average Bonchev–Trinajstić information content (AvgIpc) is 3.22. The second-order valence-corrected chi connectivity index (χ2v) is 7.16. The highest BCUT2D eigenvalue weighted by atomic mass is 32.1. The van der Waals surface area contributed by atoms with Crippen molar-refractivity contribution in [1.29, 1.82) is 0 Å². The van der Waals surface area contributed by atoms with E-state index in [1.54, 1.807) is 13.0 Å². The van der Waals surface area contributed by atoms with Crippen molar-refractivity contribution in [2.75, 3.05) is 18.0 Å². The number of carbonyl (C=O) groups excluding carboxylic acids is 2. The van der Waals surface area contributed by atoms with Crippen LogP contribution >= 0.6 is 11.3 Å². The SMILES string of the molecule is Cc1cccc2c1CCN2C(=O)C(=O)NCC(C)(O)c1cccs1. The van der Waals surface area contributed by atoms with E-state index in [2.05, 4.69) is 5.32 Å². The van der Waals surface area contributed by atoms with Crippen molar-refractivity contribution in [1.82, 2.24) is 5.32 Å². The second kappa shape index (κ2) is 6.37. The summed E-state index contributed by atoms with van der Waals surface area (Å²) in [5.41, 5.74) is 1.86. The van der Waals surface area contributed by atoms with Crippen LogP contribution in [0.25, 0.3) is 0 Å². The van der Waals surface area contributed by atoms with E-state index in [1.807, 2.05) is 36.6 Å². The average molecular weight is 344 g/mol. The lowest BCUT2D eigenvalue weighted by molar-refractivity contribution is -0.138. The number of fused-ring (bicyclic) bond motifs is 1. The number of hydrogen-bond acceptors (Lipinski definition) is 4. The smallest absolute Gasteiger partial charge is 0.316 e. The third-order valence-corrected chi connectivity index (χ3v) is 5.47. The van der Waals surface area contributed by atoms with E-state index in [-0.39, 0.29) is 6.54 Å². The fourth-order valence-electron chi connectivity index (χ4n) is 2.94. The van der Waals surface area contributed by atoms with Gasteiger partial charge in [-0.15, -0.1) is 11.3 Å². The standard InChI is InChI=1S/C18H20N2O3S/c1-12-5-3-6-14-13(12)8-9-20(14)17(22)16(21)19-11-18(2,23)15-7-4-10-24-15/h3-7,10,23H,8-9,11H2,1-2H3,(H,19,21). The molecule has 2 amide bonds. The maximum Gasteiger partial charge on any atom is 0.316 e. The minimum Gasteiger partial charge on any atom is -0.383 e. The molecule has 1 unspecified atom stereocenters. The molecule has 2 heterocycles. The number of nitrogens with one attached hydrogen (secondary N) is 1. The van der Waals surface area contributed by atoms with Crippen molar-refractivity contribution in [3.63, 3.8) is 0 Å². The fourth-order valence-corrected chi connectivity index (χ4v) is 3.73. The van der Waals surface area contributed by atoms with E-state index in [0.717, 1.165) is 28.1 Å². The quantitative estimate of drug-likeness (QED) is 0.837. The monoisotopic (exact) mass is 344 g/mol. The zero-order valence-corrected chi connectivity index (χ0v) is 14.5. The normalized spacial score (nSPS) is 15.7. The van der Waals surface area contributed by atoms with E-state index < -0.39 is 17.4 Å². The Bertz CT molecular complexity index is 769. The number of anilines is 1. The van der Waals surface area contributed by atoms with Gasteiger partial charge in [0.1, 0.15) is 5.60 Å².